The fourth-order valence-corrected chi connectivity index (χ4v) is 1.55. The summed E-state index contributed by atoms with van der Waals surface area (Å²) in [4.78, 5) is 22.1. The number of nitrogens with zero attached hydrogens (tertiary/aromatic N) is 2. The van der Waals surface area contributed by atoms with Crippen molar-refractivity contribution in [3.8, 4) is 0 Å². The van der Waals surface area contributed by atoms with Crippen LogP contribution in [0.15, 0.2) is 18.5 Å². The maximum Gasteiger partial charge on any atom is 0.315 e. The number of amides is 2. The van der Waals surface area contributed by atoms with Crippen molar-refractivity contribution < 1.29 is 14.7 Å². The predicted molar refractivity (Wildman–Crippen MR) is 69.7 cm³/mol. The highest BCUT2D eigenvalue weighted by atomic mass is 16.4. The summed E-state index contributed by atoms with van der Waals surface area (Å²) in [6.07, 6.45) is 3.90. The number of rotatable bonds is 7. The van der Waals surface area contributed by atoms with E-state index in [9.17, 15) is 9.59 Å². The molecule has 0 saturated carbocycles. The van der Waals surface area contributed by atoms with Gasteiger partial charge < -0.3 is 15.7 Å². The number of hydrogen-bond donors (Lipinski definition) is 3. The SMILES string of the molecule is CC(C)(CCC(=O)O)NC(=O)NCCn1cccn1. The first-order valence-electron chi connectivity index (χ1n) is 6.14. The van der Waals surface area contributed by atoms with Crippen molar-refractivity contribution in [1.29, 1.82) is 0 Å². The summed E-state index contributed by atoms with van der Waals surface area (Å²) >= 11 is 0. The molecule has 1 aromatic heterocycles. The van der Waals surface area contributed by atoms with E-state index in [1.54, 1.807) is 24.7 Å². The first-order valence-corrected chi connectivity index (χ1v) is 6.14. The lowest BCUT2D eigenvalue weighted by atomic mass is 9.99. The highest BCUT2D eigenvalue weighted by Gasteiger charge is 2.21. The Morgan fingerprint density at radius 3 is 2.74 bits per heavy atom. The van der Waals surface area contributed by atoms with Crippen molar-refractivity contribution in [2.45, 2.75) is 38.8 Å². The van der Waals surface area contributed by atoms with E-state index in [0.29, 0.717) is 19.5 Å². The molecule has 1 heterocycles. The summed E-state index contributed by atoms with van der Waals surface area (Å²) in [5.41, 5.74) is -0.547. The van der Waals surface area contributed by atoms with Gasteiger partial charge in [-0.05, 0) is 26.3 Å². The quantitative estimate of drug-likeness (QED) is 0.682. The molecule has 0 aliphatic carbocycles. The monoisotopic (exact) mass is 268 g/mol. The molecule has 7 heteroatoms. The van der Waals surface area contributed by atoms with Crippen molar-refractivity contribution in [1.82, 2.24) is 20.4 Å². The second-order valence-electron chi connectivity index (χ2n) is 4.93. The third kappa shape index (κ3) is 6.44. The smallest absolute Gasteiger partial charge is 0.315 e. The minimum Gasteiger partial charge on any atom is -0.481 e. The molecule has 106 valence electrons. The molecular weight excluding hydrogens is 248 g/mol. The zero-order chi connectivity index (χ0) is 14.3. The number of carboxylic acid groups (broad SMARTS) is 1. The van der Waals surface area contributed by atoms with Gasteiger partial charge in [0.2, 0.25) is 0 Å². The Hall–Kier alpha value is -2.05. The molecule has 0 aromatic carbocycles. The van der Waals surface area contributed by atoms with Crippen LogP contribution in [0.25, 0.3) is 0 Å². The minimum absolute atomic E-state index is 0.0283. The molecule has 0 spiro atoms. The summed E-state index contributed by atoms with van der Waals surface area (Å²) in [5.74, 6) is -0.867. The molecular formula is C12H20N4O3. The summed E-state index contributed by atoms with van der Waals surface area (Å²) in [6.45, 7) is 4.64. The Bertz CT molecular complexity index is 415. The number of aromatic nitrogens is 2. The maximum absolute atomic E-state index is 11.6. The number of carbonyl (C=O) groups is 2. The summed E-state index contributed by atoms with van der Waals surface area (Å²) < 4.78 is 1.72. The van der Waals surface area contributed by atoms with Crippen LogP contribution in [0.2, 0.25) is 0 Å². The van der Waals surface area contributed by atoms with E-state index in [1.165, 1.54) is 0 Å². The van der Waals surface area contributed by atoms with Crippen LogP contribution in [0.3, 0.4) is 0 Å². The van der Waals surface area contributed by atoms with E-state index in [4.69, 9.17) is 5.11 Å². The largest absolute Gasteiger partial charge is 0.481 e. The zero-order valence-corrected chi connectivity index (χ0v) is 11.2. The highest BCUT2D eigenvalue weighted by Crippen LogP contribution is 2.10. The van der Waals surface area contributed by atoms with Crippen LogP contribution >= 0.6 is 0 Å². The van der Waals surface area contributed by atoms with Crippen LogP contribution < -0.4 is 10.6 Å². The van der Waals surface area contributed by atoms with Crippen LogP contribution in [0.5, 0.6) is 0 Å². The number of carbonyl (C=O) groups excluding carboxylic acids is 1. The summed E-state index contributed by atoms with van der Waals surface area (Å²) in [5, 5.41) is 18.1. The fourth-order valence-electron chi connectivity index (χ4n) is 1.55. The second kappa shape index (κ2) is 6.77. The number of nitrogens with one attached hydrogen (secondary N) is 2. The average Bonchev–Trinajstić information content (AvgIpc) is 2.79. The van der Waals surface area contributed by atoms with Crippen LogP contribution in [-0.2, 0) is 11.3 Å². The number of urea groups is 1. The fraction of sp³-hybridized carbons (Fsp3) is 0.583. The van der Waals surface area contributed by atoms with Gasteiger partial charge in [-0.1, -0.05) is 0 Å². The van der Waals surface area contributed by atoms with Crippen molar-refractivity contribution in [3.05, 3.63) is 18.5 Å². The van der Waals surface area contributed by atoms with Gasteiger partial charge in [0.1, 0.15) is 0 Å². The Kier molecular flexibility index (Phi) is 5.35. The van der Waals surface area contributed by atoms with Gasteiger partial charge in [-0.25, -0.2) is 4.79 Å². The molecule has 0 fully saturated rings. The normalized spacial score (nSPS) is 11.1. The third-order valence-corrected chi connectivity index (χ3v) is 2.60. The molecule has 2 amide bonds. The van der Waals surface area contributed by atoms with E-state index in [1.807, 2.05) is 12.3 Å². The molecule has 3 N–H and O–H groups in total. The van der Waals surface area contributed by atoms with Gasteiger partial charge >= 0.3 is 12.0 Å². The third-order valence-electron chi connectivity index (χ3n) is 2.60. The van der Waals surface area contributed by atoms with E-state index in [-0.39, 0.29) is 12.5 Å². The van der Waals surface area contributed by atoms with Crippen molar-refractivity contribution in [3.63, 3.8) is 0 Å². The predicted octanol–water partition coefficient (Wildman–Crippen LogP) is 0.826. The molecule has 1 rings (SSSR count). The number of hydrogen-bond acceptors (Lipinski definition) is 3. The molecule has 0 aliphatic heterocycles. The number of carboxylic acids is 1. The number of aliphatic carboxylic acids is 1. The maximum atomic E-state index is 11.6. The first kappa shape index (κ1) is 15.0. The lowest BCUT2D eigenvalue weighted by molar-refractivity contribution is -0.137. The van der Waals surface area contributed by atoms with Crippen LogP contribution in [-0.4, -0.2) is 39.0 Å². The minimum atomic E-state index is -0.867. The van der Waals surface area contributed by atoms with E-state index in [2.05, 4.69) is 15.7 Å². The average molecular weight is 268 g/mol. The molecule has 7 nitrogen and oxygen atoms in total. The van der Waals surface area contributed by atoms with Crippen molar-refractivity contribution in [2.24, 2.45) is 0 Å². The highest BCUT2D eigenvalue weighted by molar-refractivity contribution is 5.74. The Morgan fingerprint density at radius 1 is 1.42 bits per heavy atom. The molecule has 0 aliphatic rings. The van der Waals surface area contributed by atoms with Gasteiger partial charge in [0, 0.05) is 30.9 Å². The topological polar surface area (TPSA) is 96.3 Å². The Balaban J connectivity index is 2.24. The molecule has 0 unspecified atom stereocenters. The molecule has 19 heavy (non-hydrogen) atoms. The first-order chi connectivity index (χ1) is 8.89. The summed E-state index contributed by atoms with van der Waals surface area (Å²) in [7, 11) is 0. The standard InChI is InChI=1S/C12H20N4O3/c1-12(2,5-4-10(17)18)15-11(19)13-7-9-16-8-3-6-14-16/h3,6,8H,4-5,7,9H2,1-2H3,(H,17,18)(H2,13,15,19). The molecule has 0 bridgehead atoms. The van der Waals surface area contributed by atoms with Gasteiger partial charge in [0.25, 0.3) is 0 Å². The molecule has 0 saturated heterocycles. The lowest BCUT2D eigenvalue weighted by Gasteiger charge is -2.25. The lowest BCUT2D eigenvalue weighted by Crippen LogP contribution is -2.49. The molecule has 1 aromatic rings. The summed E-state index contributed by atoms with van der Waals surface area (Å²) in [6, 6.07) is 1.51. The molecule has 0 atom stereocenters. The second-order valence-corrected chi connectivity index (χ2v) is 4.93. The van der Waals surface area contributed by atoms with Crippen molar-refractivity contribution >= 4 is 12.0 Å². The zero-order valence-electron chi connectivity index (χ0n) is 11.2. The van der Waals surface area contributed by atoms with E-state index in [0.717, 1.165) is 0 Å². The van der Waals surface area contributed by atoms with Gasteiger partial charge in [-0.2, -0.15) is 5.10 Å². The van der Waals surface area contributed by atoms with E-state index < -0.39 is 11.5 Å². The van der Waals surface area contributed by atoms with Crippen LogP contribution in [0.4, 0.5) is 4.79 Å². The van der Waals surface area contributed by atoms with E-state index >= 15 is 0 Å². The van der Waals surface area contributed by atoms with Crippen LogP contribution in [0, 0.1) is 0 Å². The van der Waals surface area contributed by atoms with Gasteiger partial charge in [0.15, 0.2) is 0 Å². The van der Waals surface area contributed by atoms with Crippen LogP contribution in [0.1, 0.15) is 26.7 Å². The van der Waals surface area contributed by atoms with Crippen molar-refractivity contribution in [2.75, 3.05) is 6.54 Å². The Morgan fingerprint density at radius 2 is 2.16 bits per heavy atom. The van der Waals surface area contributed by atoms with Gasteiger partial charge in [-0.3, -0.25) is 9.48 Å². The Labute approximate surface area is 112 Å². The molecule has 0 radical (unpaired) electrons. The van der Waals surface area contributed by atoms with Gasteiger partial charge in [-0.15, -0.1) is 0 Å². The van der Waals surface area contributed by atoms with Gasteiger partial charge in [0.05, 0.1) is 6.54 Å².